The number of hydrogen-bond donors (Lipinski definition) is 2. The van der Waals surface area contributed by atoms with Crippen LogP contribution >= 0.6 is 11.6 Å². The van der Waals surface area contributed by atoms with E-state index in [-0.39, 0.29) is 0 Å². The summed E-state index contributed by atoms with van der Waals surface area (Å²) in [6.45, 7) is 2.71. The quantitative estimate of drug-likeness (QED) is 0.565. The minimum Gasteiger partial charge on any atom is -0.493 e. The summed E-state index contributed by atoms with van der Waals surface area (Å²) >= 11 is 6.08. The fourth-order valence-electron chi connectivity index (χ4n) is 2.74. The van der Waals surface area contributed by atoms with E-state index in [2.05, 4.69) is 20.6 Å². The molecule has 0 aliphatic rings. The summed E-state index contributed by atoms with van der Waals surface area (Å²) in [6, 6.07) is 13.4. The fraction of sp³-hybridized carbons (Fsp3) is 0.238. The zero-order valence-corrected chi connectivity index (χ0v) is 16.9. The Morgan fingerprint density at radius 1 is 1.00 bits per heavy atom. The van der Waals surface area contributed by atoms with Gasteiger partial charge in [0.2, 0.25) is 5.95 Å². The van der Waals surface area contributed by atoms with Crippen LogP contribution in [0, 0.1) is 6.92 Å². The average Bonchev–Trinajstić information content (AvgIpc) is 2.71. The molecule has 28 heavy (non-hydrogen) atoms. The second-order valence-corrected chi connectivity index (χ2v) is 6.65. The largest absolute Gasteiger partial charge is 0.493 e. The molecule has 0 unspecified atom stereocenters. The summed E-state index contributed by atoms with van der Waals surface area (Å²) in [5.74, 6) is 2.70. The van der Waals surface area contributed by atoms with E-state index in [1.165, 1.54) is 0 Å². The molecule has 0 aliphatic carbocycles. The van der Waals surface area contributed by atoms with Crippen LogP contribution in [0.15, 0.2) is 48.7 Å². The molecule has 6 nitrogen and oxygen atoms in total. The van der Waals surface area contributed by atoms with Gasteiger partial charge in [0.1, 0.15) is 5.82 Å². The molecule has 1 heterocycles. The molecule has 7 heteroatoms. The van der Waals surface area contributed by atoms with E-state index in [0.29, 0.717) is 23.3 Å². The first-order valence-electron chi connectivity index (χ1n) is 8.90. The van der Waals surface area contributed by atoms with Gasteiger partial charge < -0.3 is 20.1 Å². The van der Waals surface area contributed by atoms with Crippen LogP contribution in [0.2, 0.25) is 5.02 Å². The molecule has 2 N–H and O–H groups in total. The van der Waals surface area contributed by atoms with Crippen molar-refractivity contribution in [1.82, 2.24) is 9.97 Å². The minimum absolute atomic E-state index is 0.560. The number of aryl methyl sites for hydroxylation is 1. The Labute approximate surface area is 169 Å². The Bertz CT molecular complexity index is 949. The maximum Gasteiger partial charge on any atom is 0.224 e. The smallest absolute Gasteiger partial charge is 0.224 e. The van der Waals surface area contributed by atoms with E-state index in [9.17, 15) is 0 Å². The third-order valence-corrected chi connectivity index (χ3v) is 4.50. The molecule has 0 saturated carbocycles. The lowest BCUT2D eigenvalue weighted by Gasteiger charge is -2.11. The molecule has 3 aromatic rings. The molecule has 0 saturated heterocycles. The van der Waals surface area contributed by atoms with Crippen LogP contribution in [0.4, 0.5) is 17.5 Å². The van der Waals surface area contributed by atoms with Gasteiger partial charge in [-0.3, -0.25) is 0 Å². The van der Waals surface area contributed by atoms with Crippen molar-refractivity contribution in [1.29, 1.82) is 0 Å². The van der Waals surface area contributed by atoms with Gasteiger partial charge >= 0.3 is 0 Å². The van der Waals surface area contributed by atoms with Crippen molar-refractivity contribution in [3.8, 4) is 11.5 Å². The van der Waals surface area contributed by atoms with Gasteiger partial charge in [0, 0.05) is 23.5 Å². The number of halogens is 1. The number of methoxy groups -OCH3 is 2. The first kappa shape index (κ1) is 19.8. The molecule has 0 spiro atoms. The first-order valence-corrected chi connectivity index (χ1v) is 9.28. The van der Waals surface area contributed by atoms with Crippen LogP contribution in [0.1, 0.15) is 11.1 Å². The lowest BCUT2D eigenvalue weighted by atomic mass is 10.1. The third-order valence-electron chi connectivity index (χ3n) is 4.26. The zero-order chi connectivity index (χ0) is 19.9. The fourth-order valence-corrected chi connectivity index (χ4v) is 2.91. The van der Waals surface area contributed by atoms with Crippen molar-refractivity contribution in [3.05, 3.63) is 64.8 Å². The lowest BCUT2D eigenvalue weighted by Crippen LogP contribution is -2.09. The second kappa shape index (κ2) is 9.28. The summed E-state index contributed by atoms with van der Waals surface area (Å²) in [5, 5.41) is 7.21. The molecular formula is C21H23ClN4O2. The lowest BCUT2D eigenvalue weighted by molar-refractivity contribution is 0.354. The van der Waals surface area contributed by atoms with Crippen LogP contribution in [-0.4, -0.2) is 30.7 Å². The third kappa shape index (κ3) is 5.04. The van der Waals surface area contributed by atoms with Gasteiger partial charge in [0.05, 0.1) is 14.2 Å². The monoisotopic (exact) mass is 398 g/mol. The summed E-state index contributed by atoms with van der Waals surface area (Å²) in [5.41, 5.74) is 3.14. The van der Waals surface area contributed by atoms with Crippen molar-refractivity contribution in [2.75, 3.05) is 31.4 Å². The molecule has 0 radical (unpaired) electrons. The Morgan fingerprint density at radius 3 is 2.61 bits per heavy atom. The molecular weight excluding hydrogens is 376 g/mol. The number of hydrogen-bond acceptors (Lipinski definition) is 6. The molecule has 146 valence electrons. The molecule has 0 aliphatic heterocycles. The summed E-state index contributed by atoms with van der Waals surface area (Å²) < 4.78 is 10.6. The van der Waals surface area contributed by atoms with Crippen molar-refractivity contribution in [2.24, 2.45) is 0 Å². The molecule has 0 amide bonds. The van der Waals surface area contributed by atoms with Crippen molar-refractivity contribution in [3.63, 3.8) is 0 Å². The van der Waals surface area contributed by atoms with Crippen molar-refractivity contribution < 1.29 is 9.47 Å². The van der Waals surface area contributed by atoms with Crippen LogP contribution in [0.5, 0.6) is 11.5 Å². The Balaban J connectivity index is 1.61. The SMILES string of the molecule is COc1ccc(CCNc2nccc(Nc3cc(Cl)ccc3C)n2)cc1OC. The Morgan fingerprint density at radius 2 is 1.82 bits per heavy atom. The van der Waals surface area contributed by atoms with Gasteiger partial charge in [0.15, 0.2) is 11.5 Å². The highest BCUT2D eigenvalue weighted by Crippen LogP contribution is 2.27. The molecule has 0 atom stereocenters. The number of aromatic nitrogens is 2. The molecule has 2 aromatic carbocycles. The molecule has 0 bridgehead atoms. The Kier molecular flexibility index (Phi) is 6.55. The average molecular weight is 399 g/mol. The Hall–Kier alpha value is -2.99. The summed E-state index contributed by atoms with van der Waals surface area (Å²) in [6.07, 6.45) is 2.52. The van der Waals surface area contributed by atoms with E-state index in [0.717, 1.165) is 34.7 Å². The number of benzene rings is 2. The van der Waals surface area contributed by atoms with Crippen LogP contribution in [-0.2, 0) is 6.42 Å². The maximum absolute atomic E-state index is 6.08. The van der Waals surface area contributed by atoms with Gasteiger partial charge in [0.25, 0.3) is 0 Å². The van der Waals surface area contributed by atoms with Gasteiger partial charge in [-0.05, 0) is 54.8 Å². The standard InChI is InChI=1S/C21H23ClN4O2/c1-14-4-6-16(22)13-17(14)25-20-9-11-24-21(26-20)23-10-8-15-5-7-18(27-2)19(12-15)28-3/h4-7,9,11-13H,8,10H2,1-3H3,(H2,23,24,25,26). The zero-order valence-electron chi connectivity index (χ0n) is 16.1. The molecule has 3 rings (SSSR count). The number of nitrogens with one attached hydrogen (secondary N) is 2. The highest BCUT2D eigenvalue weighted by atomic mass is 35.5. The number of nitrogens with zero attached hydrogens (tertiary/aromatic N) is 2. The summed E-state index contributed by atoms with van der Waals surface area (Å²) in [7, 11) is 3.26. The van der Waals surface area contributed by atoms with Crippen LogP contribution < -0.4 is 20.1 Å². The van der Waals surface area contributed by atoms with Crippen molar-refractivity contribution >= 4 is 29.1 Å². The minimum atomic E-state index is 0.560. The first-order chi connectivity index (χ1) is 13.6. The number of rotatable bonds is 8. The van der Waals surface area contributed by atoms with E-state index < -0.39 is 0 Å². The van der Waals surface area contributed by atoms with E-state index in [1.54, 1.807) is 20.4 Å². The van der Waals surface area contributed by atoms with E-state index >= 15 is 0 Å². The van der Waals surface area contributed by atoms with Gasteiger partial charge in [-0.2, -0.15) is 4.98 Å². The van der Waals surface area contributed by atoms with Gasteiger partial charge in [-0.15, -0.1) is 0 Å². The van der Waals surface area contributed by atoms with Gasteiger partial charge in [-0.25, -0.2) is 4.98 Å². The highest BCUT2D eigenvalue weighted by molar-refractivity contribution is 6.30. The predicted molar refractivity (Wildman–Crippen MR) is 113 cm³/mol. The topological polar surface area (TPSA) is 68.3 Å². The molecule has 1 aromatic heterocycles. The predicted octanol–water partition coefficient (Wildman–Crippen LogP) is 4.85. The number of anilines is 3. The van der Waals surface area contributed by atoms with Crippen LogP contribution in [0.25, 0.3) is 0 Å². The number of ether oxygens (including phenoxy) is 2. The summed E-state index contributed by atoms with van der Waals surface area (Å²) in [4.78, 5) is 8.79. The van der Waals surface area contributed by atoms with Crippen molar-refractivity contribution in [2.45, 2.75) is 13.3 Å². The highest BCUT2D eigenvalue weighted by Gasteiger charge is 2.06. The maximum atomic E-state index is 6.08. The normalized spacial score (nSPS) is 10.4. The van der Waals surface area contributed by atoms with Gasteiger partial charge in [-0.1, -0.05) is 23.7 Å². The van der Waals surface area contributed by atoms with Crippen LogP contribution in [0.3, 0.4) is 0 Å². The van der Waals surface area contributed by atoms with E-state index in [4.69, 9.17) is 21.1 Å². The second-order valence-electron chi connectivity index (χ2n) is 6.22. The molecule has 0 fully saturated rings. The van der Waals surface area contributed by atoms with E-state index in [1.807, 2.05) is 49.4 Å².